The lowest BCUT2D eigenvalue weighted by molar-refractivity contribution is 0.173. The first kappa shape index (κ1) is 12.7. The highest BCUT2D eigenvalue weighted by molar-refractivity contribution is 5.45. The van der Waals surface area contributed by atoms with Crippen LogP contribution in [0.1, 0.15) is 18.0 Å². The van der Waals surface area contributed by atoms with E-state index in [9.17, 15) is 0 Å². The molecule has 0 radical (unpaired) electrons. The minimum Gasteiger partial charge on any atom is -0.454 e. The molecule has 2 aliphatic rings. The van der Waals surface area contributed by atoms with Crippen molar-refractivity contribution in [1.82, 2.24) is 10.2 Å². The molecule has 19 heavy (non-hydrogen) atoms. The van der Waals surface area contributed by atoms with Crippen LogP contribution in [0, 0.1) is 0 Å². The maximum absolute atomic E-state index is 6.33. The zero-order chi connectivity index (χ0) is 13.2. The summed E-state index contributed by atoms with van der Waals surface area (Å²) in [5, 5.41) is 3.42. The third-order valence-corrected chi connectivity index (χ3v) is 4.00. The number of rotatable bonds is 3. The molecule has 2 atom stereocenters. The smallest absolute Gasteiger partial charge is 0.231 e. The van der Waals surface area contributed by atoms with Gasteiger partial charge in [-0.2, -0.15) is 0 Å². The number of piperazine rings is 1. The molecule has 3 rings (SSSR count). The van der Waals surface area contributed by atoms with E-state index < -0.39 is 0 Å². The molecule has 0 amide bonds. The van der Waals surface area contributed by atoms with Crippen LogP contribution in [0.15, 0.2) is 18.2 Å². The van der Waals surface area contributed by atoms with Gasteiger partial charge < -0.3 is 25.4 Å². The molecule has 0 aliphatic carbocycles. The summed E-state index contributed by atoms with van der Waals surface area (Å²) in [7, 11) is 2.16. The van der Waals surface area contributed by atoms with Gasteiger partial charge >= 0.3 is 0 Å². The molecular weight excluding hydrogens is 242 g/mol. The standard InChI is InChI=1S/C14H21N3O2/c1-17-5-4-16-8-11(17)7-12(15)10-2-3-13-14(6-10)19-9-18-13/h2-3,6,11-12,16H,4-5,7-9,15H2,1H3. The first-order valence-electron chi connectivity index (χ1n) is 6.80. The van der Waals surface area contributed by atoms with Gasteiger partial charge in [-0.25, -0.2) is 0 Å². The number of likely N-dealkylation sites (N-methyl/N-ethyl adjacent to an activating group) is 1. The number of hydrogen-bond donors (Lipinski definition) is 2. The summed E-state index contributed by atoms with van der Waals surface area (Å²) in [6, 6.07) is 6.51. The molecule has 104 valence electrons. The largest absolute Gasteiger partial charge is 0.454 e. The SMILES string of the molecule is CN1CCNCC1CC(N)c1ccc2c(c1)OCO2. The highest BCUT2D eigenvalue weighted by Gasteiger charge is 2.23. The van der Waals surface area contributed by atoms with Crippen molar-refractivity contribution in [3.05, 3.63) is 23.8 Å². The minimum atomic E-state index is 0.0295. The van der Waals surface area contributed by atoms with Crippen LogP contribution in [0.3, 0.4) is 0 Å². The van der Waals surface area contributed by atoms with E-state index in [0.717, 1.165) is 43.1 Å². The molecule has 1 aromatic rings. The molecular formula is C14H21N3O2. The average molecular weight is 263 g/mol. The Morgan fingerprint density at radius 1 is 1.42 bits per heavy atom. The van der Waals surface area contributed by atoms with Gasteiger partial charge in [-0.1, -0.05) is 6.07 Å². The van der Waals surface area contributed by atoms with Gasteiger partial charge in [0.05, 0.1) is 0 Å². The zero-order valence-electron chi connectivity index (χ0n) is 11.3. The summed E-state index contributed by atoms with van der Waals surface area (Å²) in [4.78, 5) is 2.38. The van der Waals surface area contributed by atoms with Crippen molar-refractivity contribution in [3.8, 4) is 11.5 Å². The van der Waals surface area contributed by atoms with Gasteiger partial charge in [-0.15, -0.1) is 0 Å². The molecule has 1 aromatic carbocycles. The van der Waals surface area contributed by atoms with Gasteiger partial charge in [0.15, 0.2) is 11.5 Å². The van der Waals surface area contributed by atoms with E-state index >= 15 is 0 Å². The lowest BCUT2D eigenvalue weighted by Crippen LogP contribution is -2.50. The lowest BCUT2D eigenvalue weighted by atomic mass is 9.98. The van der Waals surface area contributed by atoms with Crippen LogP contribution >= 0.6 is 0 Å². The molecule has 0 spiro atoms. The van der Waals surface area contributed by atoms with E-state index in [1.807, 2.05) is 18.2 Å². The molecule has 0 aromatic heterocycles. The Labute approximate surface area is 113 Å². The Kier molecular flexibility index (Phi) is 3.59. The normalized spacial score (nSPS) is 24.4. The fourth-order valence-corrected chi connectivity index (χ4v) is 2.70. The van der Waals surface area contributed by atoms with Crippen molar-refractivity contribution >= 4 is 0 Å². The summed E-state index contributed by atoms with van der Waals surface area (Å²) >= 11 is 0. The van der Waals surface area contributed by atoms with E-state index in [1.54, 1.807) is 0 Å². The predicted molar refractivity (Wildman–Crippen MR) is 73.4 cm³/mol. The van der Waals surface area contributed by atoms with Crippen molar-refractivity contribution in [1.29, 1.82) is 0 Å². The molecule has 5 nitrogen and oxygen atoms in total. The molecule has 0 bridgehead atoms. The zero-order valence-corrected chi connectivity index (χ0v) is 11.3. The van der Waals surface area contributed by atoms with Crippen LogP contribution < -0.4 is 20.5 Å². The Hall–Kier alpha value is -1.30. The van der Waals surface area contributed by atoms with E-state index in [4.69, 9.17) is 15.2 Å². The first-order chi connectivity index (χ1) is 9.24. The highest BCUT2D eigenvalue weighted by Crippen LogP contribution is 2.34. The van der Waals surface area contributed by atoms with Gasteiger partial charge in [0.25, 0.3) is 0 Å². The quantitative estimate of drug-likeness (QED) is 0.841. The van der Waals surface area contributed by atoms with Crippen LogP contribution in [0.5, 0.6) is 11.5 Å². The summed E-state index contributed by atoms with van der Waals surface area (Å²) in [5.41, 5.74) is 7.45. The van der Waals surface area contributed by atoms with Crippen molar-refractivity contribution in [3.63, 3.8) is 0 Å². The van der Waals surface area contributed by atoms with Crippen LogP contribution in [0.25, 0.3) is 0 Å². The second kappa shape index (κ2) is 5.36. The molecule has 0 saturated carbocycles. The maximum Gasteiger partial charge on any atom is 0.231 e. The fourth-order valence-electron chi connectivity index (χ4n) is 2.70. The van der Waals surface area contributed by atoms with Crippen molar-refractivity contribution in [2.75, 3.05) is 33.5 Å². The third kappa shape index (κ3) is 2.68. The molecule has 2 heterocycles. The highest BCUT2D eigenvalue weighted by atomic mass is 16.7. The second-order valence-corrected chi connectivity index (χ2v) is 5.29. The Balaban J connectivity index is 1.68. The minimum absolute atomic E-state index is 0.0295. The topological polar surface area (TPSA) is 59.8 Å². The number of nitrogens with two attached hydrogens (primary N) is 1. The van der Waals surface area contributed by atoms with E-state index in [-0.39, 0.29) is 6.04 Å². The Morgan fingerprint density at radius 3 is 3.11 bits per heavy atom. The molecule has 1 fully saturated rings. The average Bonchev–Trinajstić information content (AvgIpc) is 2.88. The summed E-state index contributed by atoms with van der Waals surface area (Å²) < 4.78 is 10.7. The number of ether oxygens (including phenoxy) is 2. The number of hydrogen-bond acceptors (Lipinski definition) is 5. The van der Waals surface area contributed by atoms with Crippen molar-refractivity contribution in [2.45, 2.75) is 18.5 Å². The number of nitrogens with one attached hydrogen (secondary N) is 1. The van der Waals surface area contributed by atoms with Gasteiger partial charge in [0, 0.05) is 31.7 Å². The molecule has 3 N–H and O–H groups in total. The number of nitrogens with zero attached hydrogens (tertiary/aromatic N) is 1. The second-order valence-electron chi connectivity index (χ2n) is 5.29. The Morgan fingerprint density at radius 2 is 2.26 bits per heavy atom. The number of fused-ring (bicyclic) bond motifs is 1. The molecule has 2 aliphatic heterocycles. The van der Waals surface area contributed by atoms with Crippen LogP contribution in [-0.4, -0.2) is 44.4 Å². The van der Waals surface area contributed by atoms with Crippen molar-refractivity contribution in [2.24, 2.45) is 5.73 Å². The van der Waals surface area contributed by atoms with E-state index in [0.29, 0.717) is 12.8 Å². The van der Waals surface area contributed by atoms with E-state index in [1.165, 1.54) is 0 Å². The summed E-state index contributed by atoms with van der Waals surface area (Å²) in [6.45, 7) is 3.46. The first-order valence-corrected chi connectivity index (χ1v) is 6.80. The lowest BCUT2D eigenvalue weighted by Gasteiger charge is -2.34. The molecule has 1 saturated heterocycles. The fraction of sp³-hybridized carbons (Fsp3) is 0.571. The van der Waals surface area contributed by atoms with Gasteiger partial charge in [-0.3, -0.25) is 0 Å². The summed E-state index contributed by atoms with van der Waals surface area (Å²) in [6.07, 6.45) is 0.948. The molecule has 5 heteroatoms. The van der Waals surface area contributed by atoms with Crippen LogP contribution in [0.4, 0.5) is 0 Å². The maximum atomic E-state index is 6.33. The predicted octanol–water partition coefficient (Wildman–Crippen LogP) is 0.709. The van der Waals surface area contributed by atoms with Gasteiger partial charge in [0.1, 0.15) is 0 Å². The van der Waals surface area contributed by atoms with Gasteiger partial charge in [0.2, 0.25) is 6.79 Å². The van der Waals surface area contributed by atoms with Crippen LogP contribution in [-0.2, 0) is 0 Å². The van der Waals surface area contributed by atoms with Crippen molar-refractivity contribution < 1.29 is 9.47 Å². The van der Waals surface area contributed by atoms with Gasteiger partial charge in [-0.05, 0) is 31.2 Å². The monoisotopic (exact) mass is 263 g/mol. The van der Waals surface area contributed by atoms with E-state index in [2.05, 4.69) is 17.3 Å². The molecule has 2 unspecified atom stereocenters. The Bertz CT molecular complexity index is 452. The summed E-state index contributed by atoms with van der Waals surface area (Å²) in [5.74, 6) is 1.62. The van der Waals surface area contributed by atoms with Crippen LogP contribution in [0.2, 0.25) is 0 Å². The number of benzene rings is 1. The third-order valence-electron chi connectivity index (χ3n) is 4.00.